The van der Waals surface area contributed by atoms with Crippen LogP contribution in [-0.2, 0) is 14.1 Å². The molecule has 0 amide bonds. The average molecular weight is 369 g/mol. The molecule has 0 bridgehead atoms. The highest BCUT2D eigenvalue weighted by Gasteiger charge is 2.52. The Morgan fingerprint density at radius 3 is 2.28 bits per heavy atom. The smallest absolute Gasteiger partial charge is 0.400 e. The molecule has 8 heteroatoms. The molecule has 136 valence electrons. The predicted molar refractivity (Wildman–Crippen MR) is 98.0 cm³/mol. The number of carbonyl (C=O) groups is 1. The van der Waals surface area contributed by atoms with Gasteiger partial charge in [-0.05, 0) is 39.2 Å². The maximum atomic E-state index is 14.1. The number of thioether (sulfide) groups is 1. The maximum absolute atomic E-state index is 14.1. The van der Waals surface area contributed by atoms with Crippen molar-refractivity contribution >= 4 is 35.8 Å². The van der Waals surface area contributed by atoms with Gasteiger partial charge in [-0.15, -0.1) is 0 Å². The normalized spacial score (nSPS) is 19.3. The summed E-state index contributed by atoms with van der Waals surface area (Å²) in [6, 6.07) is 1.95. The van der Waals surface area contributed by atoms with Crippen LogP contribution in [0.4, 0.5) is 14.5 Å². The predicted octanol–water partition coefficient (Wildman–Crippen LogP) is 3.84. The fourth-order valence-corrected chi connectivity index (χ4v) is 2.83. The van der Waals surface area contributed by atoms with Crippen LogP contribution in [0.3, 0.4) is 0 Å². The molecule has 1 aromatic carbocycles. The number of anilines is 1. The van der Waals surface area contributed by atoms with Crippen molar-refractivity contribution in [3.8, 4) is 0 Å². The highest BCUT2D eigenvalue weighted by Crippen LogP contribution is 2.39. The van der Waals surface area contributed by atoms with Gasteiger partial charge < -0.3 is 15.0 Å². The number of nitrogen functional groups attached to an aromatic ring is 1. The van der Waals surface area contributed by atoms with Crippen LogP contribution in [0.15, 0.2) is 17.6 Å². The minimum Gasteiger partial charge on any atom is -0.400 e. The van der Waals surface area contributed by atoms with E-state index in [0.717, 1.165) is 23.9 Å². The summed E-state index contributed by atoms with van der Waals surface area (Å²) in [6.45, 7) is 9.02. The van der Waals surface area contributed by atoms with Crippen molar-refractivity contribution in [1.29, 1.82) is 0 Å². The van der Waals surface area contributed by atoms with Crippen LogP contribution in [0.2, 0.25) is 0 Å². The van der Waals surface area contributed by atoms with Gasteiger partial charge in [-0.25, -0.2) is 8.78 Å². The summed E-state index contributed by atoms with van der Waals surface area (Å²) >= 11 is 1.05. The van der Waals surface area contributed by atoms with E-state index in [1.807, 2.05) is 27.7 Å². The molecule has 25 heavy (non-hydrogen) atoms. The second-order valence-corrected chi connectivity index (χ2v) is 8.14. The molecule has 1 aliphatic heterocycles. The summed E-state index contributed by atoms with van der Waals surface area (Å²) < 4.78 is 39.8. The third-order valence-corrected chi connectivity index (χ3v) is 5.34. The number of rotatable bonds is 4. The Balaban J connectivity index is 2.40. The minimum absolute atomic E-state index is 0.0283. The van der Waals surface area contributed by atoms with Crippen LogP contribution in [0, 0.1) is 11.6 Å². The molecule has 4 nitrogen and oxygen atoms in total. The molecule has 0 atom stereocenters. The van der Waals surface area contributed by atoms with Crippen LogP contribution in [0.25, 0.3) is 6.08 Å². The van der Waals surface area contributed by atoms with E-state index in [1.54, 1.807) is 0 Å². The number of hydrogen-bond acceptors (Lipinski definition) is 5. The zero-order valence-electron chi connectivity index (χ0n) is 15.0. The molecule has 0 saturated carbocycles. The van der Waals surface area contributed by atoms with Gasteiger partial charge in [-0.1, -0.05) is 17.8 Å². The van der Waals surface area contributed by atoms with Crippen LogP contribution < -0.4 is 5.73 Å². The van der Waals surface area contributed by atoms with E-state index >= 15 is 0 Å². The summed E-state index contributed by atoms with van der Waals surface area (Å²) in [6.07, 6.45) is 1.45. The van der Waals surface area contributed by atoms with Gasteiger partial charge in [0.25, 0.3) is 0 Å². The van der Waals surface area contributed by atoms with E-state index in [-0.39, 0.29) is 22.1 Å². The Morgan fingerprint density at radius 2 is 1.76 bits per heavy atom. The second-order valence-electron chi connectivity index (χ2n) is 6.98. The molecule has 1 saturated heterocycles. The molecule has 1 heterocycles. The molecule has 1 fully saturated rings. The largest absolute Gasteiger partial charge is 0.491 e. The molecule has 0 spiro atoms. The first-order valence-corrected chi connectivity index (χ1v) is 8.85. The summed E-state index contributed by atoms with van der Waals surface area (Å²) in [4.78, 5) is 11.3. The van der Waals surface area contributed by atoms with Crippen LogP contribution >= 0.6 is 11.8 Å². The number of benzene rings is 1. The van der Waals surface area contributed by atoms with Gasteiger partial charge in [0.2, 0.25) is 0 Å². The lowest BCUT2D eigenvalue weighted by Gasteiger charge is -2.32. The maximum Gasteiger partial charge on any atom is 0.491 e. The lowest BCUT2D eigenvalue weighted by molar-refractivity contribution is -0.109. The molecule has 1 aromatic rings. The Hall–Kier alpha value is -1.38. The highest BCUT2D eigenvalue weighted by atomic mass is 32.2. The topological polar surface area (TPSA) is 61.6 Å². The van der Waals surface area contributed by atoms with Crippen molar-refractivity contribution in [1.82, 2.24) is 0 Å². The lowest BCUT2D eigenvalue weighted by atomic mass is 9.78. The third-order valence-electron chi connectivity index (χ3n) is 4.45. The van der Waals surface area contributed by atoms with Crippen molar-refractivity contribution in [2.45, 2.75) is 45.8 Å². The number of halogens is 2. The fraction of sp³-hybridized carbons (Fsp3) is 0.471. The van der Waals surface area contributed by atoms with Gasteiger partial charge >= 0.3 is 7.12 Å². The van der Waals surface area contributed by atoms with E-state index in [9.17, 15) is 13.6 Å². The lowest BCUT2D eigenvalue weighted by Crippen LogP contribution is -2.41. The first-order chi connectivity index (χ1) is 11.4. The van der Waals surface area contributed by atoms with Crippen molar-refractivity contribution in [2.24, 2.45) is 0 Å². The zero-order valence-corrected chi connectivity index (χ0v) is 15.8. The van der Waals surface area contributed by atoms with Crippen molar-refractivity contribution in [3.05, 3.63) is 34.8 Å². The summed E-state index contributed by atoms with van der Waals surface area (Å²) in [7, 11) is -0.753. The van der Waals surface area contributed by atoms with Crippen LogP contribution in [-0.4, -0.2) is 29.2 Å². The summed E-state index contributed by atoms with van der Waals surface area (Å²) in [5.74, 6) is -1.11. The number of carbonyl (C=O) groups excluding carboxylic acids is 1. The molecule has 2 N–H and O–H groups in total. The Morgan fingerprint density at radius 1 is 1.20 bits per heavy atom. The van der Waals surface area contributed by atoms with E-state index in [0.29, 0.717) is 5.47 Å². The molecular formula is C17H22BF2NO3S. The summed E-state index contributed by atoms with van der Waals surface area (Å²) in [5, 5.41) is -0.0913. The second kappa shape index (κ2) is 7.09. The average Bonchev–Trinajstić information content (AvgIpc) is 2.68. The Labute approximate surface area is 151 Å². The molecule has 0 unspecified atom stereocenters. The van der Waals surface area contributed by atoms with Crippen LogP contribution in [0.1, 0.15) is 40.2 Å². The first kappa shape index (κ1) is 19.9. The monoisotopic (exact) mass is 369 g/mol. The Bertz CT molecular complexity index is 706. The van der Waals surface area contributed by atoms with E-state index in [2.05, 4.69) is 0 Å². The van der Waals surface area contributed by atoms with Gasteiger partial charge in [-0.2, -0.15) is 0 Å². The van der Waals surface area contributed by atoms with E-state index < -0.39 is 30.0 Å². The minimum atomic E-state index is -0.753. The van der Waals surface area contributed by atoms with Crippen LogP contribution in [0.5, 0.6) is 0 Å². The van der Waals surface area contributed by atoms with Gasteiger partial charge in [-0.3, -0.25) is 4.79 Å². The first-order valence-electron chi connectivity index (χ1n) is 7.87. The van der Waals surface area contributed by atoms with Gasteiger partial charge in [0.15, 0.2) is 5.12 Å². The third kappa shape index (κ3) is 4.43. The van der Waals surface area contributed by atoms with Gasteiger partial charge in [0, 0.05) is 24.3 Å². The van der Waals surface area contributed by atoms with Crippen molar-refractivity contribution < 1.29 is 22.9 Å². The molecule has 0 aromatic heterocycles. The molecular weight excluding hydrogens is 347 g/mol. The fourth-order valence-electron chi connectivity index (χ4n) is 2.25. The van der Waals surface area contributed by atoms with E-state index in [4.69, 9.17) is 15.0 Å². The Kier molecular flexibility index (Phi) is 5.66. The van der Waals surface area contributed by atoms with Gasteiger partial charge in [0.1, 0.15) is 11.6 Å². The van der Waals surface area contributed by atoms with Gasteiger partial charge in [0.05, 0.1) is 16.9 Å². The molecule has 0 aliphatic carbocycles. The number of hydrogen-bond donors (Lipinski definition) is 1. The quantitative estimate of drug-likeness (QED) is 0.646. The van der Waals surface area contributed by atoms with Crippen molar-refractivity contribution in [2.75, 3.05) is 11.5 Å². The SMILES string of the molecule is CC(=O)SCC(=Cc1cc(F)c(N)cc1F)B1OC(C)(C)C(C)(C)O1. The molecule has 2 rings (SSSR count). The van der Waals surface area contributed by atoms with Crippen molar-refractivity contribution in [3.63, 3.8) is 0 Å². The van der Waals surface area contributed by atoms with E-state index in [1.165, 1.54) is 13.0 Å². The summed E-state index contributed by atoms with van der Waals surface area (Å²) in [5.41, 5.74) is 4.53. The molecule has 0 radical (unpaired) electrons. The molecule has 1 aliphatic rings. The standard InChI is InChI=1S/C17H22BF2NO3S/c1-10(22)25-9-12(18-23-16(2,3)17(4,5)24-18)6-11-7-14(20)15(21)8-13(11)19/h6-8H,9,21H2,1-5H3. The highest BCUT2D eigenvalue weighted by molar-refractivity contribution is 8.13. The zero-order chi connectivity index (χ0) is 19.0. The number of nitrogens with two attached hydrogens (primary N) is 1.